The highest BCUT2D eigenvalue weighted by Crippen LogP contribution is 2.49. The highest BCUT2D eigenvalue weighted by atomic mass is 16.1. The second kappa shape index (κ2) is 2.21. The van der Waals surface area contributed by atoms with Crippen molar-refractivity contribution >= 4 is 11.6 Å². The third kappa shape index (κ3) is 0.784. The summed E-state index contributed by atoms with van der Waals surface area (Å²) in [7, 11) is 0. The molecule has 0 aromatic heterocycles. The van der Waals surface area contributed by atoms with Crippen molar-refractivity contribution in [1.82, 2.24) is 0 Å². The molecule has 3 nitrogen and oxygen atoms in total. The topological polar surface area (TPSA) is 60.2 Å². The average molecular weight is 179 g/mol. The van der Waals surface area contributed by atoms with Crippen molar-refractivity contribution in [2.75, 3.05) is 0 Å². The molecule has 0 aromatic carbocycles. The van der Waals surface area contributed by atoms with Crippen LogP contribution in [0, 0.1) is 23.7 Å². The Labute approximate surface area is 76.7 Å². The van der Waals surface area contributed by atoms with Crippen LogP contribution in [0.5, 0.6) is 0 Å². The van der Waals surface area contributed by atoms with E-state index in [2.05, 4.69) is 0 Å². The van der Waals surface area contributed by atoms with Crippen molar-refractivity contribution in [3.63, 3.8) is 0 Å². The maximum atomic E-state index is 11.7. The van der Waals surface area contributed by atoms with Crippen LogP contribution in [0.4, 0.5) is 0 Å². The van der Waals surface area contributed by atoms with Gasteiger partial charge in [-0.25, -0.2) is 0 Å². The third-order valence-corrected chi connectivity index (χ3v) is 4.11. The summed E-state index contributed by atoms with van der Waals surface area (Å²) in [6.07, 6.45) is 2.30. The maximum absolute atomic E-state index is 11.7. The molecule has 2 N–H and O–H groups in total. The maximum Gasteiger partial charge on any atom is 0.140 e. The number of nitrogens with two attached hydrogens (primary N) is 1. The van der Waals surface area contributed by atoms with E-state index in [1.54, 1.807) is 0 Å². The van der Waals surface area contributed by atoms with Gasteiger partial charge in [-0.3, -0.25) is 9.59 Å². The van der Waals surface area contributed by atoms with Gasteiger partial charge in [0, 0.05) is 29.7 Å². The predicted octanol–water partition coefficient (Wildman–Crippen LogP) is 0.128. The van der Waals surface area contributed by atoms with Crippen LogP contribution in [0.15, 0.2) is 0 Å². The van der Waals surface area contributed by atoms with Crippen LogP contribution in [0.3, 0.4) is 0 Å². The summed E-state index contributed by atoms with van der Waals surface area (Å²) in [6.45, 7) is 0. The quantitative estimate of drug-likeness (QED) is 0.575. The molecule has 4 rings (SSSR count). The number of carbonyl (C=O) groups is 2. The second-order valence-corrected chi connectivity index (χ2v) is 4.70. The SMILES string of the molecule is NC1[C@H]2C[C@@H]3C[C@@H](C[C@H]1C3=O)C2=O. The molecule has 0 heterocycles. The fraction of sp³-hybridized carbons (Fsp3) is 0.800. The lowest BCUT2D eigenvalue weighted by atomic mass is 9.53. The minimum atomic E-state index is -0.159. The minimum Gasteiger partial charge on any atom is -0.326 e. The van der Waals surface area contributed by atoms with Crippen molar-refractivity contribution in [1.29, 1.82) is 0 Å². The van der Waals surface area contributed by atoms with E-state index in [1.165, 1.54) is 0 Å². The van der Waals surface area contributed by atoms with Crippen molar-refractivity contribution in [3.8, 4) is 0 Å². The van der Waals surface area contributed by atoms with Gasteiger partial charge in [0.2, 0.25) is 0 Å². The lowest BCUT2D eigenvalue weighted by molar-refractivity contribution is -0.152. The zero-order valence-electron chi connectivity index (χ0n) is 7.40. The van der Waals surface area contributed by atoms with Gasteiger partial charge in [-0.1, -0.05) is 0 Å². The summed E-state index contributed by atoms with van der Waals surface area (Å²) < 4.78 is 0. The van der Waals surface area contributed by atoms with Gasteiger partial charge >= 0.3 is 0 Å². The molecule has 4 saturated carbocycles. The molecule has 4 aliphatic carbocycles. The number of Topliss-reactive ketones (excluding diaryl/α,β-unsaturated/α-hetero) is 2. The van der Waals surface area contributed by atoms with E-state index in [-0.39, 0.29) is 29.7 Å². The van der Waals surface area contributed by atoms with Crippen LogP contribution in [0.2, 0.25) is 0 Å². The van der Waals surface area contributed by atoms with Gasteiger partial charge in [0.1, 0.15) is 11.6 Å². The summed E-state index contributed by atoms with van der Waals surface area (Å²) >= 11 is 0. The fourth-order valence-corrected chi connectivity index (χ4v) is 3.43. The van der Waals surface area contributed by atoms with Crippen LogP contribution >= 0.6 is 0 Å². The van der Waals surface area contributed by atoms with Crippen LogP contribution in [0.1, 0.15) is 19.3 Å². The Hall–Kier alpha value is -0.700. The zero-order valence-corrected chi connectivity index (χ0v) is 7.40. The first kappa shape index (κ1) is 7.68. The molecule has 0 saturated heterocycles. The van der Waals surface area contributed by atoms with Gasteiger partial charge in [0.15, 0.2) is 0 Å². The van der Waals surface area contributed by atoms with Crippen molar-refractivity contribution in [3.05, 3.63) is 0 Å². The van der Waals surface area contributed by atoms with Gasteiger partial charge in [-0.05, 0) is 19.3 Å². The van der Waals surface area contributed by atoms with E-state index in [1.807, 2.05) is 0 Å². The molecular formula is C10H13NO2. The first-order valence-corrected chi connectivity index (χ1v) is 5.01. The Morgan fingerprint density at radius 1 is 0.923 bits per heavy atom. The van der Waals surface area contributed by atoms with Crippen molar-refractivity contribution in [2.24, 2.45) is 29.4 Å². The molecule has 4 aliphatic rings. The number of carbonyl (C=O) groups excluding carboxylic acids is 2. The molecule has 70 valence electrons. The molecule has 0 unspecified atom stereocenters. The smallest absolute Gasteiger partial charge is 0.140 e. The molecule has 4 fully saturated rings. The number of hydrogen-bond donors (Lipinski definition) is 1. The monoisotopic (exact) mass is 179 g/mol. The summed E-state index contributed by atoms with van der Waals surface area (Å²) in [5.74, 6) is 1.05. The molecule has 13 heavy (non-hydrogen) atoms. The van der Waals surface area contributed by atoms with E-state index >= 15 is 0 Å². The Bertz CT molecular complexity index is 271. The molecule has 4 atom stereocenters. The van der Waals surface area contributed by atoms with Gasteiger partial charge in [0.05, 0.1) is 0 Å². The Morgan fingerprint density at radius 3 is 1.85 bits per heavy atom. The molecule has 0 radical (unpaired) electrons. The zero-order chi connectivity index (χ0) is 9.16. The standard InChI is InChI=1S/C10H13NO2/c11-8-6-2-4-1-5(10(6)13)3-7(8)9(4)12/h4-8H,1-3,11H2/t4-,5-,6+,7+/m0/s1. The normalized spacial score (nSPS) is 53.2. The third-order valence-electron chi connectivity index (χ3n) is 4.11. The fourth-order valence-electron chi connectivity index (χ4n) is 3.43. The first-order chi connectivity index (χ1) is 6.18. The van der Waals surface area contributed by atoms with E-state index in [0.29, 0.717) is 11.6 Å². The van der Waals surface area contributed by atoms with Gasteiger partial charge in [0.25, 0.3) is 0 Å². The van der Waals surface area contributed by atoms with Crippen molar-refractivity contribution in [2.45, 2.75) is 25.3 Å². The minimum absolute atomic E-state index is 0.0141. The summed E-state index contributed by atoms with van der Waals surface area (Å²) in [6, 6.07) is -0.159. The van der Waals surface area contributed by atoms with E-state index in [4.69, 9.17) is 5.73 Å². The second-order valence-electron chi connectivity index (χ2n) is 4.70. The average Bonchev–Trinajstić information content (AvgIpc) is 2.10. The van der Waals surface area contributed by atoms with Gasteiger partial charge in [-0.15, -0.1) is 0 Å². The lowest BCUT2D eigenvalue weighted by Gasteiger charge is -2.50. The summed E-state index contributed by atoms with van der Waals surface area (Å²) in [4.78, 5) is 23.4. The number of hydrogen-bond acceptors (Lipinski definition) is 3. The van der Waals surface area contributed by atoms with E-state index in [9.17, 15) is 9.59 Å². The van der Waals surface area contributed by atoms with Crippen LogP contribution in [-0.4, -0.2) is 17.6 Å². The van der Waals surface area contributed by atoms with E-state index in [0.717, 1.165) is 19.3 Å². The van der Waals surface area contributed by atoms with Crippen LogP contribution < -0.4 is 5.73 Å². The molecule has 3 heteroatoms. The van der Waals surface area contributed by atoms with Gasteiger partial charge in [-0.2, -0.15) is 0 Å². The summed E-state index contributed by atoms with van der Waals surface area (Å²) in [5, 5.41) is 0. The van der Waals surface area contributed by atoms with Gasteiger partial charge < -0.3 is 5.73 Å². The Kier molecular flexibility index (Phi) is 1.30. The molecular weight excluding hydrogens is 166 g/mol. The van der Waals surface area contributed by atoms with E-state index < -0.39 is 0 Å². The predicted molar refractivity (Wildman–Crippen MR) is 45.8 cm³/mol. The highest BCUT2D eigenvalue weighted by Gasteiger charge is 2.56. The Balaban J connectivity index is 2.04. The molecule has 0 spiro atoms. The lowest BCUT2D eigenvalue weighted by Crippen LogP contribution is -2.61. The first-order valence-electron chi connectivity index (χ1n) is 5.01. The van der Waals surface area contributed by atoms with Crippen LogP contribution in [0.25, 0.3) is 0 Å². The van der Waals surface area contributed by atoms with Crippen molar-refractivity contribution < 1.29 is 9.59 Å². The molecule has 4 bridgehead atoms. The summed E-state index contributed by atoms with van der Waals surface area (Å²) in [5.41, 5.74) is 5.91. The largest absolute Gasteiger partial charge is 0.326 e. The Morgan fingerprint density at radius 2 is 1.38 bits per heavy atom. The molecule has 0 amide bonds. The molecule has 0 aromatic rings. The molecule has 0 aliphatic heterocycles. The number of ketones is 2. The number of rotatable bonds is 0. The highest BCUT2D eigenvalue weighted by molar-refractivity contribution is 5.96. The van der Waals surface area contributed by atoms with Crippen LogP contribution in [-0.2, 0) is 9.59 Å².